The predicted octanol–water partition coefficient (Wildman–Crippen LogP) is 0.997. The Morgan fingerprint density at radius 1 is 1.21 bits per heavy atom. The second kappa shape index (κ2) is 7.85. The van der Waals surface area contributed by atoms with Crippen LogP contribution >= 0.6 is 0 Å². The van der Waals surface area contributed by atoms with Gasteiger partial charge in [-0.1, -0.05) is 6.08 Å². The smallest absolute Gasteiger partial charge is 0.333 e. The molecule has 0 saturated heterocycles. The third kappa shape index (κ3) is 5.82. The Hall–Kier alpha value is -1.78. The highest BCUT2D eigenvalue weighted by atomic mass is 16.5. The molecule has 0 N–H and O–H groups in total. The maximum Gasteiger partial charge on any atom is 0.333 e. The minimum atomic E-state index is -0.257. The summed E-state index contributed by atoms with van der Waals surface area (Å²) in [4.78, 5) is 21.1. The van der Waals surface area contributed by atoms with Crippen LogP contribution in [0.15, 0.2) is 30.6 Å². The number of esters is 1. The van der Waals surface area contributed by atoms with Crippen LogP contribution in [-0.2, 0) is 9.53 Å². The normalized spacial score (nSPS) is 9.79. The molecule has 0 spiro atoms. The molecule has 1 aromatic rings. The van der Waals surface area contributed by atoms with E-state index in [4.69, 9.17) is 0 Å². The Balaban J connectivity index is 0.000000249. The summed E-state index contributed by atoms with van der Waals surface area (Å²) in [6.07, 6.45) is 6.03. The average molecular weight is 195 g/mol. The molecule has 5 nitrogen and oxygen atoms in total. The van der Waals surface area contributed by atoms with E-state index in [0.29, 0.717) is 5.57 Å². The topological polar surface area (TPSA) is 65.0 Å². The zero-order valence-electron chi connectivity index (χ0n) is 8.47. The van der Waals surface area contributed by atoms with E-state index in [9.17, 15) is 4.79 Å². The van der Waals surface area contributed by atoms with Gasteiger partial charge < -0.3 is 4.74 Å². The number of carbonyl (C=O) groups excluding carboxylic acids is 1. The van der Waals surface area contributed by atoms with Crippen molar-refractivity contribution >= 4 is 5.97 Å². The summed E-state index contributed by atoms with van der Waals surface area (Å²) in [6.45, 7) is 3.51. The van der Waals surface area contributed by atoms with Gasteiger partial charge in [0.15, 0.2) is 0 Å². The molecule has 0 aliphatic rings. The Labute approximate surface area is 82.9 Å². The van der Waals surface area contributed by atoms with E-state index < -0.39 is 0 Å². The number of carbonyl (C=O) groups is 1. The lowest BCUT2D eigenvalue weighted by atomic mass is 10.3. The largest absolute Gasteiger partial charge is 0.466 e. The van der Waals surface area contributed by atoms with Crippen LogP contribution < -0.4 is 0 Å². The fourth-order valence-corrected chi connectivity index (χ4v) is 0.484. The van der Waals surface area contributed by atoms with E-state index in [-0.39, 0.29) is 5.97 Å². The maximum atomic E-state index is 10.5. The van der Waals surface area contributed by atoms with Gasteiger partial charge in [0, 0.05) is 5.57 Å². The van der Waals surface area contributed by atoms with E-state index in [2.05, 4.69) is 19.7 Å². The monoisotopic (exact) mass is 195 g/mol. The van der Waals surface area contributed by atoms with Crippen LogP contribution in [0.25, 0.3) is 0 Å². The van der Waals surface area contributed by atoms with Gasteiger partial charge in [-0.15, -0.1) is 0 Å². The van der Waals surface area contributed by atoms with E-state index in [1.165, 1.54) is 26.1 Å². The molecule has 5 heteroatoms. The minimum Gasteiger partial charge on any atom is -0.466 e. The zero-order valence-corrected chi connectivity index (χ0v) is 8.47. The van der Waals surface area contributed by atoms with Gasteiger partial charge in [-0.2, -0.15) is 0 Å². The second-order valence-corrected chi connectivity index (χ2v) is 2.26. The molecule has 1 heterocycles. The number of nitrogens with zero attached hydrogens (tertiary/aromatic N) is 3. The molecule has 0 aliphatic heterocycles. The summed E-state index contributed by atoms with van der Waals surface area (Å²) in [6, 6.07) is 0. The molecular formula is C9H13N3O2. The number of hydrogen-bond acceptors (Lipinski definition) is 5. The van der Waals surface area contributed by atoms with Crippen molar-refractivity contribution in [2.24, 2.45) is 0 Å². The van der Waals surface area contributed by atoms with Crippen molar-refractivity contribution in [3.05, 3.63) is 30.6 Å². The Morgan fingerprint density at radius 2 is 1.64 bits per heavy atom. The van der Waals surface area contributed by atoms with Gasteiger partial charge in [-0.3, -0.25) is 0 Å². The van der Waals surface area contributed by atoms with Crippen molar-refractivity contribution in [1.82, 2.24) is 15.0 Å². The van der Waals surface area contributed by atoms with Crippen LogP contribution in [0.5, 0.6) is 0 Å². The molecule has 14 heavy (non-hydrogen) atoms. The number of methoxy groups -OCH3 is 1. The molecular weight excluding hydrogens is 182 g/mol. The van der Waals surface area contributed by atoms with Crippen LogP contribution in [0.2, 0.25) is 0 Å². The van der Waals surface area contributed by atoms with Crippen LogP contribution in [0.4, 0.5) is 0 Å². The molecule has 1 rings (SSSR count). The van der Waals surface area contributed by atoms with Crippen LogP contribution in [0.3, 0.4) is 0 Å². The summed E-state index contributed by atoms with van der Waals surface area (Å²) in [7, 11) is 1.37. The van der Waals surface area contributed by atoms with E-state index in [1.54, 1.807) is 19.9 Å². The van der Waals surface area contributed by atoms with Gasteiger partial charge in [0.25, 0.3) is 0 Å². The van der Waals surface area contributed by atoms with Gasteiger partial charge in [-0.25, -0.2) is 19.7 Å². The highest BCUT2D eigenvalue weighted by Crippen LogP contribution is 1.92. The molecule has 0 saturated carbocycles. The summed E-state index contributed by atoms with van der Waals surface area (Å²) >= 11 is 0. The lowest BCUT2D eigenvalue weighted by Crippen LogP contribution is -2.00. The molecule has 0 bridgehead atoms. The number of rotatable bonds is 1. The lowest BCUT2D eigenvalue weighted by Gasteiger charge is -1.93. The molecule has 76 valence electrons. The first-order valence-corrected chi connectivity index (χ1v) is 3.98. The summed E-state index contributed by atoms with van der Waals surface area (Å²) < 4.78 is 4.40. The first-order valence-electron chi connectivity index (χ1n) is 3.98. The summed E-state index contributed by atoms with van der Waals surface area (Å²) in [5.41, 5.74) is 0.646. The molecule has 0 aliphatic carbocycles. The van der Waals surface area contributed by atoms with Gasteiger partial charge in [0.05, 0.1) is 7.11 Å². The summed E-state index contributed by atoms with van der Waals surface area (Å²) in [5, 5.41) is 0. The van der Waals surface area contributed by atoms with Crippen molar-refractivity contribution in [3.63, 3.8) is 0 Å². The third-order valence-corrected chi connectivity index (χ3v) is 1.34. The lowest BCUT2D eigenvalue weighted by molar-refractivity contribution is -0.136. The Bertz CT molecular complexity index is 259. The minimum absolute atomic E-state index is 0.257. The Morgan fingerprint density at radius 3 is 1.79 bits per heavy atom. The number of hydrogen-bond donors (Lipinski definition) is 0. The first kappa shape index (κ1) is 12.2. The average Bonchev–Trinajstić information content (AvgIpc) is 2.30. The molecule has 0 unspecified atom stereocenters. The van der Waals surface area contributed by atoms with Gasteiger partial charge in [0.2, 0.25) is 0 Å². The fourth-order valence-electron chi connectivity index (χ4n) is 0.484. The molecule has 0 atom stereocenters. The van der Waals surface area contributed by atoms with Crippen molar-refractivity contribution in [2.45, 2.75) is 13.8 Å². The number of aromatic nitrogens is 3. The van der Waals surface area contributed by atoms with E-state index in [0.717, 1.165) is 0 Å². The van der Waals surface area contributed by atoms with Crippen molar-refractivity contribution in [3.8, 4) is 0 Å². The first-order chi connectivity index (χ1) is 6.72. The fraction of sp³-hybridized carbons (Fsp3) is 0.333. The second-order valence-electron chi connectivity index (χ2n) is 2.26. The summed E-state index contributed by atoms with van der Waals surface area (Å²) in [5.74, 6) is -0.257. The maximum absolute atomic E-state index is 10.5. The molecule has 0 fully saturated rings. The van der Waals surface area contributed by atoms with Gasteiger partial charge in [0.1, 0.15) is 19.0 Å². The SMILES string of the molecule is CC=C(C)C(=O)OC.c1ncncn1. The molecule has 1 aromatic heterocycles. The van der Waals surface area contributed by atoms with Gasteiger partial charge >= 0.3 is 5.97 Å². The van der Waals surface area contributed by atoms with Crippen LogP contribution in [-0.4, -0.2) is 28.0 Å². The van der Waals surface area contributed by atoms with E-state index >= 15 is 0 Å². The van der Waals surface area contributed by atoms with Gasteiger partial charge in [-0.05, 0) is 13.8 Å². The van der Waals surface area contributed by atoms with Crippen molar-refractivity contribution in [1.29, 1.82) is 0 Å². The molecule has 0 radical (unpaired) electrons. The molecule has 0 aromatic carbocycles. The van der Waals surface area contributed by atoms with Crippen LogP contribution in [0, 0.1) is 0 Å². The highest BCUT2D eigenvalue weighted by molar-refractivity contribution is 5.87. The molecule has 0 amide bonds. The third-order valence-electron chi connectivity index (χ3n) is 1.34. The predicted molar refractivity (Wildman–Crippen MR) is 51.3 cm³/mol. The van der Waals surface area contributed by atoms with E-state index in [1.807, 2.05) is 0 Å². The van der Waals surface area contributed by atoms with Crippen molar-refractivity contribution in [2.75, 3.05) is 7.11 Å². The number of ether oxygens (including phenoxy) is 1. The zero-order chi connectivity index (χ0) is 10.8. The van der Waals surface area contributed by atoms with Crippen molar-refractivity contribution < 1.29 is 9.53 Å². The Kier molecular flexibility index (Phi) is 6.85. The van der Waals surface area contributed by atoms with Crippen LogP contribution in [0.1, 0.15) is 13.8 Å². The number of allylic oxidation sites excluding steroid dienone is 1. The quantitative estimate of drug-likeness (QED) is 0.494. The standard InChI is InChI=1S/C6H10O2.C3H3N3/c1-4-5(2)6(7)8-3;1-4-2-6-3-5-1/h4H,1-3H3;1-3H. The highest BCUT2D eigenvalue weighted by Gasteiger charge is 1.98.